The van der Waals surface area contributed by atoms with Crippen molar-refractivity contribution in [3.8, 4) is 17.1 Å². The van der Waals surface area contributed by atoms with Crippen molar-refractivity contribution in [3.63, 3.8) is 0 Å². The van der Waals surface area contributed by atoms with E-state index >= 15 is 0 Å². The van der Waals surface area contributed by atoms with Gasteiger partial charge >= 0.3 is 0 Å². The van der Waals surface area contributed by atoms with Gasteiger partial charge in [-0.25, -0.2) is 17.9 Å². The van der Waals surface area contributed by atoms with E-state index in [0.717, 1.165) is 12.8 Å². The lowest BCUT2D eigenvalue weighted by atomic mass is 10.0. The maximum atomic E-state index is 13.5. The number of aliphatic hydroxyl groups excluding tert-OH is 2. The molecular formula is C25H36N6O6S. The molecule has 0 radical (unpaired) electrons. The summed E-state index contributed by atoms with van der Waals surface area (Å²) in [5.41, 5.74) is 0.868. The topological polar surface area (TPSA) is 162 Å². The van der Waals surface area contributed by atoms with Crippen molar-refractivity contribution in [2.45, 2.75) is 63.5 Å². The standard InChI is InChI=1S/C25H36N6O6S/c1-5-16(6-2)24-27-15(4)22-25(34)28-23(29-31(22)24)18-12-17(8-9-21(18)37-7-3)38(35,36)30-13-19(20(33)14-30)26-10-11-32/h8-9,12,16,19-20,26,32-33H,5-7,10-11,13-14H2,1-4H3,(H,28,29,34). The van der Waals surface area contributed by atoms with E-state index in [1.807, 2.05) is 6.92 Å². The molecular weight excluding hydrogens is 512 g/mol. The number of aromatic amines is 1. The van der Waals surface area contributed by atoms with Gasteiger partial charge in [0, 0.05) is 31.6 Å². The molecule has 2 unspecified atom stereocenters. The number of imidazole rings is 1. The second kappa shape index (κ2) is 11.5. The Kier molecular flexibility index (Phi) is 8.52. The van der Waals surface area contributed by atoms with Crippen LogP contribution in [-0.2, 0) is 10.0 Å². The highest BCUT2D eigenvalue weighted by molar-refractivity contribution is 7.89. The van der Waals surface area contributed by atoms with Gasteiger partial charge in [0.1, 0.15) is 11.6 Å². The smallest absolute Gasteiger partial charge is 0.277 e. The van der Waals surface area contributed by atoms with Crippen LogP contribution in [0.4, 0.5) is 0 Å². The summed E-state index contributed by atoms with van der Waals surface area (Å²) in [7, 11) is -3.99. The summed E-state index contributed by atoms with van der Waals surface area (Å²) in [6.45, 7) is 8.11. The van der Waals surface area contributed by atoms with Crippen LogP contribution in [0.25, 0.3) is 16.9 Å². The third kappa shape index (κ3) is 5.21. The Morgan fingerprint density at radius 3 is 2.63 bits per heavy atom. The van der Waals surface area contributed by atoms with Gasteiger partial charge < -0.3 is 25.3 Å². The van der Waals surface area contributed by atoms with Crippen molar-refractivity contribution in [1.82, 2.24) is 29.2 Å². The van der Waals surface area contributed by atoms with E-state index in [1.165, 1.54) is 16.4 Å². The molecule has 1 fully saturated rings. The maximum absolute atomic E-state index is 13.5. The number of β-amino-alcohol motifs (C(OH)–C–C–N with tert-alkyl or cyclic N) is 1. The third-order valence-corrected chi connectivity index (χ3v) is 8.80. The molecule has 0 bridgehead atoms. The van der Waals surface area contributed by atoms with Gasteiger partial charge in [-0.3, -0.25) is 4.79 Å². The van der Waals surface area contributed by atoms with Crippen molar-refractivity contribution in [2.75, 3.05) is 32.8 Å². The number of aromatic nitrogens is 4. The zero-order valence-electron chi connectivity index (χ0n) is 22.1. The lowest BCUT2D eigenvalue weighted by Gasteiger charge is -2.18. The molecule has 0 aliphatic carbocycles. The van der Waals surface area contributed by atoms with E-state index < -0.39 is 22.2 Å². The van der Waals surface area contributed by atoms with Crippen molar-refractivity contribution in [1.29, 1.82) is 0 Å². The first-order valence-electron chi connectivity index (χ1n) is 12.9. The van der Waals surface area contributed by atoms with E-state index in [9.17, 15) is 18.3 Å². The van der Waals surface area contributed by atoms with Gasteiger partial charge in [-0.15, -0.1) is 5.10 Å². The van der Waals surface area contributed by atoms with Gasteiger partial charge in [0.2, 0.25) is 10.0 Å². The average molecular weight is 549 g/mol. The molecule has 1 saturated heterocycles. The van der Waals surface area contributed by atoms with Crippen LogP contribution in [0.15, 0.2) is 27.9 Å². The summed E-state index contributed by atoms with van der Waals surface area (Å²) in [5.74, 6) is 1.32. The first kappa shape index (κ1) is 28.2. The monoisotopic (exact) mass is 548 g/mol. The van der Waals surface area contributed by atoms with Gasteiger partial charge in [0.25, 0.3) is 5.56 Å². The fourth-order valence-corrected chi connectivity index (χ4v) is 6.43. The molecule has 0 spiro atoms. The average Bonchev–Trinajstić information content (AvgIpc) is 3.44. The van der Waals surface area contributed by atoms with E-state index in [4.69, 9.17) is 14.9 Å². The summed E-state index contributed by atoms with van der Waals surface area (Å²) in [5, 5.41) is 27.1. The quantitative estimate of drug-likeness (QED) is 0.274. The molecule has 4 rings (SSSR count). The van der Waals surface area contributed by atoms with Crippen molar-refractivity contribution in [3.05, 3.63) is 40.1 Å². The summed E-state index contributed by atoms with van der Waals surface area (Å²) in [4.78, 5) is 20.6. The molecule has 0 saturated carbocycles. The molecule has 3 heterocycles. The number of nitrogens with zero attached hydrogens (tertiary/aromatic N) is 4. The number of ether oxygens (including phenoxy) is 1. The van der Waals surface area contributed by atoms with E-state index in [-0.39, 0.29) is 48.4 Å². The Morgan fingerprint density at radius 1 is 1.24 bits per heavy atom. The second-order valence-electron chi connectivity index (χ2n) is 9.40. The number of sulfonamides is 1. The normalized spacial score (nSPS) is 18.6. The van der Waals surface area contributed by atoms with E-state index in [1.54, 1.807) is 17.5 Å². The molecule has 1 aromatic carbocycles. The SMILES string of the molecule is CCOc1ccc(S(=O)(=O)N2CC(O)C(NCCO)C2)cc1-c1nn2c(C(CC)CC)nc(C)c2c(=O)[nH]1. The van der Waals surface area contributed by atoms with Gasteiger partial charge in [0.05, 0.1) is 35.5 Å². The predicted octanol–water partition coefficient (Wildman–Crippen LogP) is 1.01. The van der Waals surface area contributed by atoms with E-state index in [2.05, 4.69) is 29.1 Å². The third-order valence-electron chi connectivity index (χ3n) is 6.97. The van der Waals surface area contributed by atoms with Gasteiger partial charge in [-0.1, -0.05) is 13.8 Å². The molecule has 12 nitrogen and oxygen atoms in total. The molecule has 4 N–H and O–H groups in total. The van der Waals surface area contributed by atoms with Gasteiger partial charge in [-0.05, 0) is 44.9 Å². The van der Waals surface area contributed by atoms with Crippen molar-refractivity contribution in [2.24, 2.45) is 0 Å². The minimum atomic E-state index is -3.99. The second-order valence-corrected chi connectivity index (χ2v) is 11.3. The number of aryl methyl sites for hydroxylation is 1. The summed E-state index contributed by atoms with van der Waals surface area (Å²) in [6, 6.07) is 3.93. The Bertz CT molecular complexity index is 1450. The summed E-state index contributed by atoms with van der Waals surface area (Å²) in [6.07, 6.45) is 0.742. The summed E-state index contributed by atoms with van der Waals surface area (Å²) >= 11 is 0. The highest BCUT2D eigenvalue weighted by Crippen LogP contribution is 2.33. The Labute approximate surface area is 221 Å². The maximum Gasteiger partial charge on any atom is 0.277 e. The Balaban J connectivity index is 1.81. The fraction of sp³-hybridized carbons (Fsp3) is 0.560. The molecule has 1 aliphatic rings. The molecule has 2 atom stereocenters. The summed E-state index contributed by atoms with van der Waals surface area (Å²) < 4.78 is 35.6. The zero-order chi connectivity index (χ0) is 27.6. The molecule has 208 valence electrons. The van der Waals surface area contributed by atoms with Crippen LogP contribution < -0.4 is 15.6 Å². The number of hydrogen-bond acceptors (Lipinski definition) is 9. The Morgan fingerprint density at radius 2 is 1.97 bits per heavy atom. The van der Waals surface area contributed by atoms with Crippen LogP contribution in [0.3, 0.4) is 0 Å². The number of nitrogens with one attached hydrogen (secondary N) is 2. The van der Waals surface area contributed by atoms with Crippen LogP contribution in [-0.4, -0.2) is 87.5 Å². The number of aliphatic hydroxyl groups is 2. The van der Waals surface area contributed by atoms with E-state index in [0.29, 0.717) is 35.0 Å². The zero-order valence-corrected chi connectivity index (χ0v) is 23.0. The lowest BCUT2D eigenvalue weighted by molar-refractivity contribution is 0.156. The highest BCUT2D eigenvalue weighted by Gasteiger charge is 2.38. The minimum Gasteiger partial charge on any atom is -0.493 e. The molecule has 3 aromatic rings. The molecule has 38 heavy (non-hydrogen) atoms. The first-order chi connectivity index (χ1) is 18.2. The van der Waals surface area contributed by atoms with Crippen LogP contribution in [0.1, 0.15) is 51.0 Å². The molecule has 1 aliphatic heterocycles. The predicted molar refractivity (Wildman–Crippen MR) is 142 cm³/mol. The van der Waals surface area contributed by atoms with Crippen molar-refractivity contribution < 1.29 is 23.4 Å². The van der Waals surface area contributed by atoms with Crippen LogP contribution >= 0.6 is 0 Å². The van der Waals surface area contributed by atoms with Gasteiger partial charge in [-0.2, -0.15) is 4.31 Å². The first-order valence-corrected chi connectivity index (χ1v) is 14.4. The Hall–Kier alpha value is -2.84. The fourth-order valence-electron chi connectivity index (χ4n) is 4.92. The highest BCUT2D eigenvalue weighted by atomic mass is 32.2. The van der Waals surface area contributed by atoms with Crippen LogP contribution in [0.5, 0.6) is 5.75 Å². The molecule has 0 amide bonds. The molecule has 13 heteroatoms. The number of hydrogen-bond donors (Lipinski definition) is 4. The van der Waals surface area contributed by atoms with Gasteiger partial charge in [0.15, 0.2) is 11.3 Å². The molecule has 2 aromatic heterocycles. The minimum absolute atomic E-state index is 0.0178. The lowest BCUT2D eigenvalue weighted by Crippen LogP contribution is -2.40. The number of H-pyrrole nitrogens is 1. The van der Waals surface area contributed by atoms with Crippen molar-refractivity contribution >= 4 is 15.5 Å². The number of benzene rings is 1. The number of fused-ring (bicyclic) bond motifs is 1. The number of rotatable bonds is 11. The van der Waals surface area contributed by atoms with Crippen LogP contribution in [0.2, 0.25) is 0 Å². The van der Waals surface area contributed by atoms with Crippen LogP contribution in [0, 0.1) is 6.92 Å². The largest absolute Gasteiger partial charge is 0.493 e.